The van der Waals surface area contributed by atoms with Crippen LogP contribution in [0, 0.1) is 0 Å². The van der Waals surface area contributed by atoms with Gasteiger partial charge in [0, 0.05) is 14.2 Å². The number of rotatable bonds is 9. The highest BCUT2D eigenvalue weighted by atomic mass is 31.2. The number of ketones is 1. The molecule has 0 aliphatic rings. The van der Waals surface area contributed by atoms with Crippen molar-refractivity contribution in [3.05, 3.63) is 23.8 Å². The molecule has 0 unspecified atom stereocenters. The molecule has 0 radical (unpaired) electrons. The molecule has 1 aromatic rings. The Labute approximate surface area is 148 Å². The van der Waals surface area contributed by atoms with E-state index in [0.717, 1.165) is 0 Å². The number of hydrogen-bond acceptors (Lipinski definition) is 7. The van der Waals surface area contributed by atoms with E-state index in [-0.39, 0.29) is 0 Å². The quantitative estimate of drug-likeness (QED) is 0.484. The highest BCUT2D eigenvalue weighted by Gasteiger charge is 2.46. The van der Waals surface area contributed by atoms with E-state index in [1.54, 1.807) is 18.2 Å². The lowest BCUT2D eigenvalue weighted by Gasteiger charge is -2.28. The Morgan fingerprint density at radius 1 is 0.960 bits per heavy atom. The van der Waals surface area contributed by atoms with Crippen LogP contribution in [0.15, 0.2) is 18.2 Å². The molecule has 1 aromatic carbocycles. The van der Waals surface area contributed by atoms with Crippen molar-refractivity contribution < 1.29 is 32.6 Å². The van der Waals surface area contributed by atoms with Crippen LogP contribution in [0.4, 0.5) is 0 Å². The fourth-order valence-electron chi connectivity index (χ4n) is 2.24. The third-order valence-corrected chi connectivity index (χ3v) is 6.43. The number of allylic oxidation sites excluding steroid dienone is 1. The van der Waals surface area contributed by atoms with Crippen molar-refractivity contribution in [1.29, 1.82) is 0 Å². The molecule has 0 bridgehead atoms. The van der Waals surface area contributed by atoms with Gasteiger partial charge in [-0.15, -0.1) is 0 Å². The van der Waals surface area contributed by atoms with E-state index in [0.29, 0.717) is 22.8 Å². The normalized spacial score (nSPS) is 12.3. The van der Waals surface area contributed by atoms with Gasteiger partial charge in [-0.3, -0.25) is 9.36 Å². The van der Waals surface area contributed by atoms with Gasteiger partial charge in [0.1, 0.15) is 5.16 Å². The molecule has 0 saturated carbocycles. The Hall–Kier alpha value is -1.82. The van der Waals surface area contributed by atoms with E-state index < -0.39 is 18.5 Å². The van der Waals surface area contributed by atoms with Crippen molar-refractivity contribution in [2.24, 2.45) is 0 Å². The first-order valence-electron chi connectivity index (χ1n) is 7.44. The van der Waals surface area contributed by atoms with Crippen molar-refractivity contribution in [1.82, 2.24) is 0 Å². The molecule has 0 atom stereocenters. The summed E-state index contributed by atoms with van der Waals surface area (Å²) < 4.78 is 38.3. The monoisotopic (exact) mass is 372 g/mol. The lowest BCUT2D eigenvalue weighted by molar-refractivity contribution is -0.116. The van der Waals surface area contributed by atoms with Crippen LogP contribution < -0.4 is 14.2 Å². The number of benzene rings is 1. The molecule has 0 saturated heterocycles. The first-order valence-corrected chi connectivity index (χ1v) is 8.99. The predicted molar refractivity (Wildman–Crippen MR) is 95.8 cm³/mol. The zero-order valence-corrected chi connectivity index (χ0v) is 16.5. The Morgan fingerprint density at radius 2 is 1.44 bits per heavy atom. The zero-order valence-electron chi connectivity index (χ0n) is 15.6. The molecule has 0 heterocycles. The van der Waals surface area contributed by atoms with Crippen LogP contribution >= 0.6 is 7.60 Å². The summed E-state index contributed by atoms with van der Waals surface area (Å²) in [4.78, 5) is 12.5. The standard InChI is InChI=1S/C17H25O7P/c1-17(2,25(19,23-6)24-7)15(18)9-8-12-10-13(20-3)16(22-5)14(11-12)21-4/h8-11H,1-7H3/b9-8+. The molecule has 0 aliphatic carbocycles. The molecular formula is C17H25O7P. The second kappa shape index (κ2) is 8.52. The number of methoxy groups -OCH3 is 3. The minimum absolute atomic E-state index is 0.395. The highest BCUT2D eigenvalue weighted by molar-refractivity contribution is 7.56. The summed E-state index contributed by atoms with van der Waals surface area (Å²) in [5, 5.41) is -1.33. The minimum Gasteiger partial charge on any atom is -0.493 e. The van der Waals surface area contributed by atoms with Gasteiger partial charge in [-0.05, 0) is 37.6 Å². The highest BCUT2D eigenvalue weighted by Crippen LogP contribution is 2.59. The average Bonchev–Trinajstić information content (AvgIpc) is 2.63. The van der Waals surface area contributed by atoms with Crippen molar-refractivity contribution >= 4 is 19.5 Å². The van der Waals surface area contributed by atoms with Gasteiger partial charge in [-0.25, -0.2) is 0 Å². The van der Waals surface area contributed by atoms with E-state index in [4.69, 9.17) is 23.3 Å². The van der Waals surface area contributed by atoms with Gasteiger partial charge in [-0.1, -0.05) is 6.08 Å². The van der Waals surface area contributed by atoms with E-state index in [2.05, 4.69) is 0 Å². The van der Waals surface area contributed by atoms with E-state index in [1.165, 1.54) is 55.5 Å². The van der Waals surface area contributed by atoms with Crippen LogP contribution in [-0.4, -0.2) is 46.5 Å². The van der Waals surface area contributed by atoms with Crippen molar-refractivity contribution in [3.63, 3.8) is 0 Å². The molecule has 0 aliphatic heterocycles. The van der Waals surface area contributed by atoms with Gasteiger partial charge < -0.3 is 23.3 Å². The lowest BCUT2D eigenvalue weighted by atomic mass is 10.1. The van der Waals surface area contributed by atoms with Crippen molar-refractivity contribution in [2.45, 2.75) is 19.0 Å². The van der Waals surface area contributed by atoms with Crippen molar-refractivity contribution in [3.8, 4) is 17.2 Å². The van der Waals surface area contributed by atoms with Gasteiger partial charge in [0.25, 0.3) is 0 Å². The summed E-state index contributed by atoms with van der Waals surface area (Å²) in [6.07, 6.45) is 2.90. The first kappa shape index (κ1) is 21.2. The van der Waals surface area contributed by atoms with Crippen LogP contribution in [0.5, 0.6) is 17.2 Å². The number of hydrogen-bond donors (Lipinski definition) is 0. The maximum atomic E-state index is 12.6. The predicted octanol–water partition coefficient (Wildman–Crippen LogP) is 3.56. The SMILES string of the molecule is COc1cc(/C=C/C(=O)C(C)(C)P(=O)(OC)OC)cc(OC)c1OC. The minimum atomic E-state index is -3.57. The topological polar surface area (TPSA) is 80.3 Å². The molecule has 7 nitrogen and oxygen atoms in total. The fourth-order valence-corrected chi connectivity index (χ4v) is 3.65. The summed E-state index contributed by atoms with van der Waals surface area (Å²) in [6.45, 7) is 3.03. The van der Waals surface area contributed by atoms with Gasteiger partial charge in [0.15, 0.2) is 17.3 Å². The third-order valence-electron chi connectivity index (χ3n) is 3.88. The van der Waals surface area contributed by atoms with E-state index in [1.807, 2.05) is 0 Å². The first-order chi connectivity index (χ1) is 11.7. The van der Waals surface area contributed by atoms with E-state index in [9.17, 15) is 9.36 Å². The summed E-state index contributed by atoms with van der Waals surface area (Å²) in [5.74, 6) is 0.991. The molecule has 140 valence electrons. The Balaban J connectivity index is 3.21. The summed E-state index contributed by atoms with van der Waals surface area (Å²) in [5.41, 5.74) is 0.656. The maximum Gasteiger partial charge on any atom is 0.343 e. The summed E-state index contributed by atoms with van der Waals surface area (Å²) >= 11 is 0. The molecule has 0 N–H and O–H groups in total. The Kier molecular flexibility index (Phi) is 7.23. The second-order valence-corrected chi connectivity index (χ2v) is 8.42. The molecule has 0 amide bonds. The fraction of sp³-hybridized carbons (Fsp3) is 0.471. The van der Waals surface area contributed by atoms with E-state index >= 15 is 0 Å². The maximum absolute atomic E-state index is 12.6. The van der Waals surface area contributed by atoms with Gasteiger partial charge in [-0.2, -0.15) is 0 Å². The third kappa shape index (κ3) is 4.24. The molecule has 25 heavy (non-hydrogen) atoms. The smallest absolute Gasteiger partial charge is 0.343 e. The van der Waals surface area contributed by atoms with Gasteiger partial charge in [0.2, 0.25) is 5.75 Å². The van der Waals surface area contributed by atoms with Crippen LogP contribution in [0.25, 0.3) is 6.08 Å². The Morgan fingerprint density at radius 3 is 1.80 bits per heavy atom. The molecule has 8 heteroatoms. The van der Waals surface area contributed by atoms with Crippen LogP contribution in [0.3, 0.4) is 0 Å². The number of carbonyl (C=O) groups excluding carboxylic acids is 1. The molecular weight excluding hydrogens is 347 g/mol. The average molecular weight is 372 g/mol. The largest absolute Gasteiger partial charge is 0.493 e. The van der Waals surface area contributed by atoms with Crippen LogP contribution in [0.2, 0.25) is 0 Å². The molecule has 1 rings (SSSR count). The zero-order chi connectivity index (χ0) is 19.3. The summed E-state index contributed by atoms with van der Waals surface area (Å²) in [6, 6.07) is 3.40. The lowest BCUT2D eigenvalue weighted by Crippen LogP contribution is -2.31. The molecule has 0 spiro atoms. The van der Waals surface area contributed by atoms with Crippen molar-refractivity contribution in [2.75, 3.05) is 35.5 Å². The van der Waals surface area contributed by atoms with Gasteiger partial charge in [0.05, 0.1) is 21.3 Å². The Bertz CT molecular complexity index is 661. The molecule has 0 fully saturated rings. The van der Waals surface area contributed by atoms with Crippen LogP contribution in [0.1, 0.15) is 19.4 Å². The number of ether oxygens (including phenoxy) is 3. The van der Waals surface area contributed by atoms with Gasteiger partial charge >= 0.3 is 7.60 Å². The number of carbonyl (C=O) groups is 1. The van der Waals surface area contributed by atoms with Crippen LogP contribution in [-0.2, 0) is 18.4 Å². The summed E-state index contributed by atoms with van der Waals surface area (Å²) in [7, 11) is 3.45. The molecule has 0 aromatic heterocycles. The second-order valence-electron chi connectivity index (χ2n) is 5.58.